The monoisotopic (exact) mass is 494 g/mol. The number of amides is 2. The third-order valence-corrected chi connectivity index (χ3v) is 6.73. The SMILES string of the molecule is CC(=O)Oc1ccc(C)cc1[N+]1(c2ccccc2NC(=O)CNC(=O)c2cccs2)CCOCC1. The summed E-state index contributed by atoms with van der Waals surface area (Å²) in [6.45, 7) is 5.42. The first kappa shape index (κ1) is 24.6. The van der Waals surface area contributed by atoms with Gasteiger partial charge in [0.1, 0.15) is 18.8 Å². The van der Waals surface area contributed by atoms with Crippen LogP contribution in [0.2, 0.25) is 0 Å². The molecule has 8 nitrogen and oxygen atoms in total. The summed E-state index contributed by atoms with van der Waals surface area (Å²) in [6.07, 6.45) is 0. The molecule has 0 atom stereocenters. The zero-order valence-corrected chi connectivity index (χ0v) is 20.5. The number of carbonyl (C=O) groups excluding carboxylic acids is 3. The zero-order chi connectivity index (χ0) is 24.8. The molecule has 182 valence electrons. The van der Waals surface area contributed by atoms with Crippen LogP contribution in [0.3, 0.4) is 0 Å². The highest BCUT2D eigenvalue weighted by molar-refractivity contribution is 7.12. The van der Waals surface area contributed by atoms with E-state index >= 15 is 0 Å². The Balaban J connectivity index is 1.66. The first-order chi connectivity index (χ1) is 16.9. The molecule has 0 spiro atoms. The number of thiophene rings is 1. The molecular formula is C26H28N3O5S+. The molecule has 0 radical (unpaired) electrons. The van der Waals surface area contributed by atoms with E-state index in [0.717, 1.165) is 16.9 Å². The molecule has 2 heterocycles. The van der Waals surface area contributed by atoms with Crippen molar-refractivity contribution in [3.8, 4) is 5.75 Å². The lowest BCUT2D eigenvalue weighted by Crippen LogP contribution is -2.53. The van der Waals surface area contributed by atoms with Crippen LogP contribution in [0.15, 0.2) is 60.0 Å². The van der Waals surface area contributed by atoms with Gasteiger partial charge in [0.2, 0.25) is 5.91 Å². The average Bonchev–Trinajstić information content (AvgIpc) is 3.39. The molecule has 2 aromatic carbocycles. The largest absolute Gasteiger partial charge is 0.420 e. The van der Waals surface area contributed by atoms with Crippen molar-refractivity contribution < 1.29 is 23.9 Å². The molecule has 1 aromatic heterocycles. The highest BCUT2D eigenvalue weighted by Crippen LogP contribution is 2.45. The van der Waals surface area contributed by atoms with Crippen LogP contribution in [0, 0.1) is 6.92 Å². The van der Waals surface area contributed by atoms with Gasteiger partial charge in [-0.15, -0.1) is 11.3 Å². The minimum absolute atomic E-state index is 0.155. The van der Waals surface area contributed by atoms with E-state index in [1.165, 1.54) is 18.3 Å². The van der Waals surface area contributed by atoms with Gasteiger partial charge in [-0.25, -0.2) is 4.48 Å². The van der Waals surface area contributed by atoms with Crippen LogP contribution < -0.4 is 19.9 Å². The fourth-order valence-electron chi connectivity index (χ4n) is 4.27. The number of anilines is 1. The predicted octanol–water partition coefficient (Wildman–Crippen LogP) is 4.02. The molecule has 0 aliphatic carbocycles. The van der Waals surface area contributed by atoms with Crippen molar-refractivity contribution in [1.82, 2.24) is 9.80 Å². The maximum atomic E-state index is 12.8. The van der Waals surface area contributed by atoms with Crippen LogP contribution in [0.5, 0.6) is 5.75 Å². The third kappa shape index (κ3) is 5.59. The lowest BCUT2D eigenvalue weighted by molar-refractivity contribution is -0.131. The summed E-state index contributed by atoms with van der Waals surface area (Å²) in [6, 6.07) is 16.8. The maximum absolute atomic E-state index is 12.8. The molecule has 9 heteroatoms. The van der Waals surface area contributed by atoms with Crippen molar-refractivity contribution >= 4 is 46.2 Å². The van der Waals surface area contributed by atoms with Gasteiger partial charge in [0, 0.05) is 19.1 Å². The van der Waals surface area contributed by atoms with E-state index in [0.29, 0.717) is 47.1 Å². The Labute approximate surface area is 208 Å². The highest BCUT2D eigenvalue weighted by Gasteiger charge is 2.40. The molecule has 1 aliphatic rings. The Kier molecular flexibility index (Phi) is 7.60. The van der Waals surface area contributed by atoms with E-state index in [2.05, 4.69) is 10.6 Å². The molecule has 2 N–H and O–H groups in total. The lowest BCUT2D eigenvalue weighted by atomic mass is 10.1. The standard InChI is InChI=1S/C26H27N3O5S/c1-18-9-10-23(34-19(2)30)22(16-18)29(11-13-33-14-12-29)21-7-4-3-6-20(21)28-25(31)17-27-26(32)24-8-5-15-35-24/h3-10,15-16H,11-14,17H2,1-2H3,(H-,27,28,31,32)/p+1. The van der Waals surface area contributed by atoms with Crippen LogP contribution >= 0.6 is 11.3 Å². The lowest BCUT2D eigenvalue weighted by Gasteiger charge is -2.41. The number of nitrogens with zero attached hydrogens (tertiary/aromatic N) is 1. The van der Waals surface area contributed by atoms with Crippen molar-refractivity contribution in [2.45, 2.75) is 13.8 Å². The maximum Gasteiger partial charge on any atom is 0.308 e. The number of ether oxygens (including phenoxy) is 2. The Morgan fingerprint density at radius 1 is 1.03 bits per heavy atom. The van der Waals surface area contributed by atoms with Gasteiger partial charge in [-0.2, -0.15) is 0 Å². The summed E-state index contributed by atoms with van der Waals surface area (Å²) in [4.78, 5) is 37.4. The van der Waals surface area contributed by atoms with E-state index in [-0.39, 0.29) is 18.4 Å². The van der Waals surface area contributed by atoms with E-state index in [4.69, 9.17) is 9.47 Å². The smallest absolute Gasteiger partial charge is 0.308 e. The van der Waals surface area contributed by atoms with E-state index in [1.807, 2.05) is 54.8 Å². The van der Waals surface area contributed by atoms with Gasteiger partial charge in [0.05, 0.1) is 24.6 Å². The molecule has 1 fully saturated rings. The number of morpholine rings is 1. The van der Waals surface area contributed by atoms with Crippen molar-refractivity contribution in [2.75, 3.05) is 38.2 Å². The number of nitrogens with one attached hydrogen (secondary N) is 2. The summed E-state index contributed by atoms with van der Waals surface area (Å²) in [5, 5.41) is 7.44. The minimum atomic E-state index is -0.399. The van der Waals surface area contributed by atoms with Crippen LogP contribution in [-0.4, -0.2) is 50.6 Å². The summed E-state index contributed by atoms with van der Waals surface area (Å²) in [7, 11) is 0. The number of aryl methyl sites for hydroxylation is 1. The van der Waals surface area contributed by atoms with E-state index < -0.39 is 5.97 Å². The van der Waals surface area contributed by atoms with E-state index in [1.54, 1.807) is 12.1 Å². The Morgan fingerprint density at radius 3 is 2.51 bits per heavy atom. The molecular weight excluding hydrogens is 466 g/mol. The molecule has 1 saturated heterocycles. The minimum Gasteiger partial charge on any atom is -0.420 e. The molecule has 1 aliphatic heterocycles. The molecule has 35 heavy (non-hydrogen) atoms. The first-order valence-corrected chi connectivity index (χ1v) is 12.2. The highest BCUT2D eigenvalue weighted by atomic mass is 32.1. The van der Waals surface area contributed by atoms with E-state index in [9.17, 15) is 14.4 Å². The molecule has 0 unspecified atom stereocenters. The number of rotatable bonds is 7. The van der Waals surface area contributed by atoms with Crippen LogP contribution in [0.1, 0.15) is 22.2 Å². The molecule has 0 saturated carbocycles. The van der Waals surface area contributed by atoms with Gasteiger partial charge in [-0.3, -0.25) is 14.4 Å². The number of para-hydroxylation sites is 2. The fraction of sp³-hybridized carbons (Fsp3) is 0.269. The fourth-order valence-corrected chi connectivity index (χ4v) is 4.91. The van der Waals surface area contributed by atoms with Gasteiger partial charge in [-0.1, -0.05) is 24.3 Å². The normalized spacial score (nSPS) is 14.7. The second-order valence-electron chi connectivity index (χ2n) is 8.32. The van der Waals surface area contributed by atoms with Crippen LogP contribution in [-0.2, 0) is 14.3 Å². The quantitative estimate of drug-likeness (QED) is 0.294. The summed E-state index contributed by atoms with van der Waals surface area (Å²) in [5.41, 5.74) is 3.33. The van der Waals surface area contributed by atoms with Gasteiger partial charge in [0.25, 0.3) is 5.91 Å². The summed E-state index contributed by atoms with van der Waals surface area (Å²) in [5.74, 6) is -0.539. The first-order valence-electron chi connectivity index (χ1n) is 11.3. The van der Waals surface area contributed by atoms with Gasteiger partial charge in [-0.05, 0) is 36.1 Å². The van der Waals surface area contributed by atoms with Gasteiger partial charge >= 0.3 is 5.97 Å². The predicted molar refractivity (Wildman–Crippen MR) is 136 cm³/mol. The van der Waals surface area contributed by atoms with Crippen LogP contribution in [0.25, 0.3) is 0 Å². The van der Waals surface area contributed by atoms with Crippen LogP contribution in [0.4, 0.5) is 17.1 Å². The molecule has 4 rings (SSSR count). The summed E-state index contributed by atoms with van der Waals surface area (Å²) < 4.78 is 11.6. The van der Waals surface area contributed by atoms with Crippen molar-refractivity contribution in [3.63, 3.8) is 0 Å². The van der Waals surface area contributed by atoms with Gasteiger partial charge < -0.3 is 20.1 Å². The molecule has 0 bridgehead atoms. The number of hydrogen-bond donors (Lipinski definition) is 2. The third-order valence-electron chi connectivity index (χ3n) is 5.86. The Morgan fingerprint density at radius 2 is 1.80 bits per heavy atom. The van der Waals surface area contributed by atoms with Gasteiger partial charge in [0.15, 0.2) is 17.1 Å². The summed E-state index contributed by atoms with van der Waals surface area (Å²) >= 11 is 1.32. The number of esters is 1. The van der Waals surface area contributed by atoms with Crippen molar-refractivity contribution in [1.29, 1.82) is 0 Å². The zero-order valence-electron chi connectivity index (χ0n) is 19.7. The van der Waals surface area contributed by atoms with Crippen molar-refractivity contribution in [3.05, 3.63) is 70.4 Å². The second kappa shape index (κ2) is 10.8. The molecule has 3 aromatic rings. The molecule has 2 amide bonds. The number of hydrogen-bond acceptors (Lipinski definition) is 6. The Bertz CT molecular complexity index is 1220. The number of benzene rings is 2. The second-order valence-corrected chi connectivity index (χ2v) is 9.27. The topological polar surface area (TPSA) is 93.7 Å². The Hall–Kier alpha value is -3.53. The number of quaternary nitrogens is 1. The number of carbonyl (C=O) groups is 3. The average molecular weight is 495 g/mol. The van der Waals surface area contributed by atoms with Crippen molar-refractivity contribution in [2.24, 2.45) is 0 Å².